The molecule has 116 valence electrons. The molecule has 0 aromatic heterocycles. The molecule has 4 N–H and O–H groups in total. The lowest BCUT2D eigenvalue weighted by molar-refractivity contribution is -0.373. The molecule has 0 aliphatic rings. The summed E-state index contributed by atoms with van der Waals surface area (Å²) in [6.07, 6.45) is -11.0. The van der Waals surface area contributed by atoms with Gasteiger partial charge in [0.25, 0.3) is 5.60 Å². The van der Waals surface area contributed by atoms with Gasteiger partial charge in [-0.15, -0.1) is 0 Å². The van der Waals surface area contributed by atoms with E-state index in [4.69, 9.17) is 5.73 Å². The lowest BCUT2D eigenvalue weighted by Crippen LogP contribution is -2.56. The van der Waals surface area contributed by atoms with Crippen molar-refractivity contribution in [3.8, 4) is 0 Å². The highest BCUT2D eigenvalue weighted by Crippen LogP contribution is 2.45. The Kier molecular flexibility index (Phi) is 8.63. The van der Waals surface area contributed by atoms with Gasteiger partial charge in [0.05, 0.1) is 11.9 Å². The smallest absolute Gasteiger partial charge is 0.369 e. The van der Waals surface area contributed by atoms with E-state index in [-0.39, 0.29) is 18.2 Å². The van der Waals surface area contributed by atoms with Crippen LogP contribution in [0.3, 0.4) is 0 Å². The molecule has 0 aromatic carbocycles. The summed E-state index contributed by atoms with van der Waals surface area (Å²) in [7, 11) is 0. The Morgan fingerprint density at radius 3 is 1.63 bits per heavy atom. The summed E-state index contributed by atoms with van der Waals surface area (Å²) in [4.78, 5) is 9.54. The van der Waals surface area contributed by atoms with Crippen LogP contribution in [-0.4, -0.2) is 42.3 Å². The summed E-state index contributed by atoms with van der Waals surface area (Å²) in [5.74, 6) is -0.329. The first kappa shape index (κ1) is 20.8. The van der Waals surface area contributed by atoms with Gasteiger partial charge in [0.1, 0.15) is 0 Å². The van der Waals surface area contributed by atoms with Crippen LogP contribution in [0, 0.1) is 0 Å². The monoisotopic (exact) mass is 362 g/mol. The first-order valence-corrected chi connectivity index (χ1v) is 5.77. The average Bonchev–Trinajstić information content (AvgIpc) is 2.23. The van der Waals surface area contributed by atoms with Gasteiger partial charge in [-0.2, -0.15) is 26.3 Å². The van der Waals surface area contributed by atoms with Crippen LogP contribution in [-0.2, 0) is 9.53 Å². The summed E-state index contributed by atoms with van der Waals surface area (Å²) in [6, 6.07) is 0. The Balaban J connectivity index is 0. The first-order chi connectivity index (χ1) is 8.33. The van der Waals surface area contributed by atoms with Crippen molar-refractivity contribution in [2.45, 2.75) is 24.9 Å². The van der Waals surface area contributed by atoms with Crippen molar-refractivity contribution in [1.82, 2.24) is 0 Å². The number of halogens is 7. The molecule has 4 nitrogen and oxygen atoms in total. The molecule has 0 aliphatic carbocycles. The number of carbonyl (C=O) groups excluding carboxylic acids is 1. The van der Waals surface area contributed by atoms with E-state index < -0.39 is 31.1 Å². The Morgan fingerprint density at radius 1 is 1.16 bits per heavy atom. The second-order valence-electron chi connectivity index (χ2n) is 3.27. The van der Waals surface area contributed by atoms with E-state index in [1.807, 2.05) is 0 Å². The molecule has 0 rings (SSSR count). The lowest BCUT2D eigenvalue weighted by Gasteiger charge is -2.33. The minimum Gasteiger partial charge on any atom is -0.369 e. The summed E-state index contributed by atoms with van der Waals surface area (Å²) in [6.45, 7) is -1.29. The standard InChI is InChI=1S/C6H9F6NO.C2H4BrNO/c1-4(5(7,8)9,6(10,11)12)14-3-2-13;3-1-2(4)5/h2-3,13H2,1H3;1H2,(H2,4,5). The van der Waals surface area contributed by atoms with E-state index in [1.165, 1.54) is 0 Å². The van der Waals surface area contributed by atoms with Gasteiger partial charge in [-0.3, -0.25) is 4.79 Å². The first-order valence-electron chi connectivity index (χ1n) is 4.65. The second kappa shape index (κ2) is 7.90. The Labute approximate surface area is 113 Å². The molecule has 0 saturated carbocycles. The fraction of sp³-hybridized carbons (Fsp3) is 0.875. The quantitative estimate of drug-likeness (QED) is 0.590. The predicted octanol–water partition coefficient (Wildman–Crippen LogP) is 1.71. The van der Waals surface area contributed by atoms with Crippen LogP contribution >= 0.6 is 15.9 Å². The molecule has 0 bridgehead atoms. The van der Waals surface area contributed by atoms with Crippen LogP contribution < -0.4 is 11.5 Å². The van der Waals surface area contributed by atoms with Gasteiger partial charge in [-0.1, -0.05) is 15.9 Å². The van der Waals surface area contributed by atoms with Crippen molar-refractivity contribution in [2.24, 2.45) is 11.5 Å². The second-order valence-corrected chi connectivity index (χ2v) is 3.83. The topological polar surface area (TPSA) is 78.3 Å². The zero-order valence-corrected chi connectivity index (χ0v) is 11.3. The minimum atomic E-state index is -5.51. The number of hydrogen-bond donors (Lipinski definition) is 2. The maximum atomic E-state index is 12.0. The third-order valence-electron chi connectivity index (χ3n) is 1.72. The number of alkyl halides is 7. The summed E-state index contributed by atoms with van der Waals surface area (Å²) in [5.41, 5.74) is 5.22. The van der Waals surface area contributed by atoms with Gasteiger partial charge in [0.15, 0.2) is 0 Å². The lowest BCUT2D eigenvalue weighted by atomic mass is 10.1. The van der Waals surface area contributed by atoms with Crippen molar-refractivity contribution in [3.05, 3.63) is 0 Å². The van der Waals surface area contributed by atoms with Crippen molar-refractivity contribution in [1.29, 1.82) is 0 Å². The zero-order chi connectivity index (χ0) is 15.9. The SMILES string of the molecule is CC(OCCN)(C(F)(F)F)C(F)(F)F.NC(=O)CBr. The molecular weight excluding hydrogens is 350 g/mol. The molecule has 0 fully saturated rings. The molecule has 1 amide bonds. The van der Waals surface area contributed by atoms with Crippen LogP contribution in [0.15, 0.2) is 0 Å². The van der Waals surface area contributed by atoms with E-state index in [0.29, 0.717) is 0 Å². The van der Waals surface area contributed by atoms with Crippen molar-refractivity contribution < 1.29 is 35.9 Å². The molecule has 11 heteroatoms. The van der Waals surface area contributed by atoms with Gasteiger partial charge in [-0.05, 0) is 6.92 Å². The van der Waals surface area contributed by atoms with E-state index in [0.717, 1.165) is 0 Å². The maximum Gasteiger partial charge on any atom is 0.426 e. The molecule has 0 aliphatic heterocycles. The molecular formula is C8H13BrF6N2O2. The molecule has 0 saturated heterocycles. The number of carbonyl (C=O) groups is 1. The van der Waals surface area contributed by atoms with Crippen molar-refractivity contribution in [2.75, 3.05) is 18.5 Å². The van der Waals surface area contributed by atoms with Gasteiger partial charge in [0.2, 0.25) is 5.91 Å². The largest absolute Gasteiger partial charge is 0.426 e. The molecule has 0 spiro atoms. The summed E-state index contributed by atoms with van der Waals surface area (Å²) >= 11 is 2.84. The Bertz CT molecular complexity index is 267. The van der Waals surface area contributed by atoms with Crippen LogP contribution in [0.1, 0.15) is 6.92 Å². The molecule has 0 unspecified atom stereocenters. The number of amides is 1. The van der Waals surface area contributed by atoms with Crippen LogP contribution in [0.2, 0.25) is 0 Å². The van der Waals surface area contributed by atoms with Crippen LogP contribution in [0.5, 0.6) is 0 Å². The molecule has 0 atom stereocenters. The Morgan fingerprint density at radius 2 is 1.47 bits per heavy atom. The van der Waals surface area contributed by atoms with Gasteiger partial charge in [0, 0.05) is 6.54 Å². The maximum absolute atomic E-state index is 12.0. The highest BCUT2D eigenvalue weighted by Gasteiger charge is 2.69. The highest BCUT2D eigenvalue weighted by molar-refractivity contribution is 9.09. The van der Waals surface area contributed by atoms with Gasteiger partial charge >= 0.3 is 12.4 Å². The predicted molar refractivity (Wildman–Crippen MR) is 58.5 cm³/mol. The molecule has 0 heterocycles. The van der Waals surface area contributed by atoms with Gasteiger partial charge < -0.3 is 16.2 Å². The van der Waals surface area contributed by atoms with Gasteiger partial charge in [-0.25, -0.2) is 0 Å². The number of primary amides is 1. The number of hydrogen-bond acceptors (Lipinski definition) is 3. The minimum absolute atomic E-state index is 0.0668. The van der Waals surface area contributed by atoms with Crippen LogP contribution in [0.4, 0.5) is 26.3 Å². The van der Waals surface area contributed by atoms with Crippen LogP contribution in [0.25, 0.3) is 0 Å². The third kappa shape index (κ3) is 6.97. The normalized spacial score (nSPS) is 12.7. The number of ether oxygens (including phenoxy) is 1. The van der Waals surface area contributed by atoms with Crippen molar-refractivity contribution in [3.63, 3.8) is 0 Å². The van der Waals surface area contributed by atoms with E-state index >= 15 is 0 Å². The fourth-order valence-corrected chi connectivity index (χ4v) is 0.587. The summed E-state index contributed by atoms with van der Waals surface area (Å²) in [5, 5.41) is 0.257. The number of rotatable bonds is 4. The average molecular weight is 363 g/mol. The summed E-state index contributed by atoms with van der Waals surface area (Å²) < 4.78 is 76.0. The van der Waals surface area contributed by atoms with E-state index in [2.05, 4.69) is 26.4 Å². The molecule has 0 radical (unpaired) electrons. The molecule has 19 heavy (non-hydrogen) atoms. The number of nitrogens with two attached hydrogens (primary N) is 2. The van der Waals surface area contributed by atoms with E-state index in [1.54, 1.807) is 0 Å². The Hall–Kier alpha value is -0.550. The van der Waals surface area contributed by atoms with Crippen molar-refractivity contribution >= 4 is 21.8 Å². The fourth-order valence-electron chi connectivity index (χ4n) is 0.587. The molecule has 0 aromatic rings. The van der Waals surface area contributed by atoms with E-state index in [9.17, 15) is 31.1 Å². The highest BCUT2D eigenvalue weighted by atomic mass is 79.9. The zero-order valence-electron chi connectivity index (χ0n) is 9.74. The third-order valence-corrected chi connectivity index (χ3v) is 2.27.